The first kappa shape index (κ1) is 20.2. The smallest absolute Gasteiger partial charge is 0.258 e. The molecule has 0 radical (unpaired) electrons. The first-order chi connectivity index (χ1) is 13.5. The van der Waals surface area contributed by atoms with Gasteiger partial charge in [-0.3, -0.25) is 4.79 Å². The van der Waals surface area contributed by atoms with Crippen LogP contribution in [0.3, 0.4) is 0 Å². The summed E-state index contributed by atoms with van der Waals surface area (Å²) < 4.78 is 13.4. The van der Waals surface area contributed by atoms with E-state index in [0.717, 1.165) is 11.3 Å². The highest BCUT2D eigenvalue weighted by molar-refractivity contribution is 9.10. The summed E-state index contributed by atoms with van der Waals surface area (Å²) in [6, 6.07) is 12.2. The van der Waals surface area contributed by atoms with Crippen molar-refractivity contribution in [1.29, 1.82) is 0 Å². The molecule has 2 aromatic carbocycles. The van der Waals surface area contributed by atoms with Gasteiger partial charge in [0.25, 0.3) is 5.91 Å². The van der Waals surface area contributed by atoms with Crippen molar-refractivity contribution in [3.05, 3.63) is 75.7 Å². The van der Waals surface area contributed by atoms with Crippen LogP contribution in [0.15, 0.2) is 59.3 Å². The van der Waals surface area contributed by atoms with E-state index in [-0.39, 0.29) is 12.5 Å². The molecule has 0 aliphatic rings. The van der Waals surface area contributed by atoms with Crippen LogP contribution < -0.4 is 14.8 Å². The summed E-state index contributed by atoms with van der Waals surface area (Å²) in [4.78, 5) is 17.0. The summed E-state index contributed by atoms with van der Waals surface area (Å²) in [7, 11) is 3.49. The molecule has 0 bridgehead atoms. The van der Waals surface area contributed by atoms with Gasteiger partial charge in [0.1, 0.15) is 23.4 Å². The lowest BCUT2D eigenvalue weighted by atomic mass is 10.1. The molecule has 0 aliphatic carbocycles. The van der Waals surface area contributed by atoms with Gasteiger partial charge < -0.3 is 19.4 Å². The molecule has 146 valence electrons. The van der Waals surface area contributed by atoms with Crippen LogP contribution in [-0.4, -0.2) is 29.2 Å². The fraction of sp³-hybridized carbons (Fsp3) is 0.200. The largest absolute Gasteiger partial charge is 0.497 e. The van der Waals surface area contributed by atoms with E-state index in [0.29, 0.717) is 21.1 Å². The maximum absolute atomic E-state index is 12.6. The van der Waals surface area contributed by atoms with Crippen molar-refractivity contribution < 1.29 is 14.3 Å². The van der Waals surface area contributed by atoms with E-state index in [9.17, 15) is 4.79 Å². The van der Waals surface area contributed by atoms with E-state index < -0.39 is 6.04 Å². The Bertz CT molecular complexity index is 960. The molecular formula is C20H19BrClN3O3. The standard InChI is InChI=1S/C20H19BrClN3O3/c1-25-10-9-23-20(25)19(13-3-6-15(27-2)7-4-13)24-18(26)12-28-17-8-5-14(22)11-16(17)21/h3-11,19H,12H2,1-2H3,(H,24,26). The third-order valence-electron chi connectivity index (χ3n) is 4.12. The number of rotatable bonds is 7. The van der Waals surface area contributed by atoms with Crippen molar-refractivity contribution >= 4 is 33.4 Å². The molecule has 6 nitrogen and oxygen atoms in total. The molecule has 1 N–H and O–H groups in total. The maximum Gasteiger partial charge on any atom is 0.258 e. The van der Waals surface area contributed by atoms with Crippen molar-refractivity contribution in [2.75, 3.05) is 13.7 Å². The van der Waals surface area contributed by atoms with E-state index in [1.54, 1.807) is 31.5 Å². The van der Waals surface area contributed by atoms with Gasteiger partial charge in [0.2, 0.25) is 0 Å². The molecule has 0 spiro atoms. The number of carbonyl (C=O) groups excluding carboxylic acids is 1. The van der Waals surface area contributed by atoms with E-state index >= 15 is 0 Å². The van der Waals surface area contributed by atoms with Crippen molar-refractivity contribution in [1.82, 2.24) is 14.9 Å². The number of methoxy groups -OCH3 is 1. The van der Waals surface area contributed by atoms with Crippen LogP contribution >= 0.6 is 27.5 Å². The number of nitrogens with zero attached hydrogens (tertiary/aromatic N) is 2. The van der Waals surface area contributed by atoms with Crippen molar-refractivity contribution in [2.24, 2.45) is 7.05 Å². The van der Waals surface area contributed by atoms with Crippen molar-refractivity contribution in [3.63, 3.8) is 0 Å². The first-order valence-corrected chi connectivity index (χ1v) is 9.63. The van der Waals surface area contributed by atoms with E-state index in [1.165, 1.54) is 0 Å². The number of benzene rings is 2. The Morgan fingerprint density at radius 1 is 1.29 bits per heavy atom. The Balaban J connectivity index is 1.75. The Morgan fingerprint density at radius 3 is 2.64 bits per heavy atom. The fourth-order valence-electron chi connectivity index (χ4n) is 2.69. The number of hydrogen-bond donors (Lipinski definition) is 1. The van der Waals surface area contributed by atoms with Gasteiger partial charge in [0.05, 0.1) is 11.6 Å². The van der Waals surface area contributed by atoms with Crippen molar-refractivity contribution in [3.8, 4) is 11.5 Å². The zero-order chi connectivity index (χ0) is 20.1. The highest BCUT2D eigenvalue weighted by Gasteiger charge is 2.21. The average Bonchev–Trinajstić information content (AvgIpc) is 3.11. The normalized spacial score (nSPS) is 11.7. The van der Waals surface area contributed by atoms with Gasteiger partial charge in [-0.1, -0.05) is 23.7 Å². The SMILES string of the molecule is COc1ccc(C(NC(=O)COc2ccc(Cl)cc2Br)c2nccn2C)cc1. The monoisotopic (exact) mass is 463 g/mol. The molecule has 0 saturated heterocycles. The number of hydrogen-bond acceptors (Lipinski definition) is 4. The summed E-state index contributed by atoms with van der Waals surface area (Å²) in [5.74, 6) is 1.72. The summed E-state index contributed by atoms with van der Waals surface area (Å²) in [6.07, 6.45) is 3.53. The Kier molecular flexibility index (Phi) is 6.59. The van der Waals surface area contributed by atoms with Crippen LogP contribution in [0.5, 0.6) is 11.5 Å². The van der Waals surface area contributed by atoms with Gasteiger partial charge in [0.15, 0.2) is 6.61 Å². The molecule has 1 unspecified atom stereocenters. The van der Waals surface area contributed by atoms with E-state index in [2.05, 4.69) is 26.2 Å². The summed E-state index contributed by atoms with van der Waals surface area (Å²) in [5.41, 5.74) is 0.885. The summed E-state index contributed by atoms with van der Waals surface area (Å²) >= 11 is 9.30. The van der Waals surface area contributed by atoms with Crippen LogP contribution in [0, 0.1) is 0 Å². The minimum atomic E-state index is -0.421. The molecular weight excluding hydrogens is 446 g/mol. The second-order valence-corrected chi connectivity index (χ2v) is 7.32. The van der Waals surface area contributed by atoms with Crippen LogP contribution in [0.4, 0.5) is 0 Å². The maximum atomic E-state index is 12.6. The minimum absolute atomic E-state index is 0.142. The van der Waals surface area contributed by atoms with Crippen LogP contribution in [0.25, 0.3) is 0 Å². The zero-order valence-electron chi connectivity index (χ0n) is 15.4. The molecule has 0 fully saturated rings. The number of imidazole rings is 1. The topological polar surface area (TPSA) is 65.4 Å². The fourth-order valence-corrected chi connectivity index (χ4v) is 3.48. The third kappa shape index (κ3) is 4.85. The molecule has 3 aromatic rings. The number of halogens is 2. The minimum Gasteiger partial charge on any atom is -0.497 e. The lowest BCUT2D eigenvalue weighted by Crippen LogP contribution is -2.34. The van der Waals surface area contributed by atoms with Gasteiger partial charge in [-0.05, 0) is 51.8 Å². The Hall–Kier alpha value is -2.51. The van der Waals surface area contributed by atoms with Gasteiger partial charge in [-0.25, -0.2) is 4.98 Å². The molecule has 8 heteroatoms. The quantitative estimate of drug-likeness (QED) is 0.571. The predicted molar refractivity (Wildman–Crippen MR) is 111 cm³/mol. The molecule has 0 aliphatic heterocycles. The summed E-state index contributed by atoms with van der Waals surface area (Å²) in [6.45, 7) is -0.142. The number of aromatic nitrogens is 2. The number of carbonyl (C=O) groups is 1. The molecule has 28 heavy (non-hydrogen) atoms. The van der Waals surface area contributed by atoms with Gasteiger partial charge in [-0.15, -0.1) is 0 Å². The highest BCUT2D eigenvalue weighted by atomic mass is 79.9. The average molecular weight is 465 g/mol. The van der Waals surface area contributed by atoms with Crippen LogP contribution in [-0.2, 0) is 11.8 Å². The second kappa shape index (κ2) is 9.12. The van der Waals surface area contributed by atoms with Gasteiger partial charge in [-0.2, -0.15) is 0 Å². The van der Waals surface area contributed by atoms with Crippen molar-refractivity contribution in [2.45, 2.75) is 6.04 Å². The number of aryl methyl sites for hydroxylation is 1. The second-order valence-electron chi connectivity index (χ2n) is 6.03. The molecule has 1 amide bonds. The van der Waals surface area contributed by atoms with E-state index in [1.807, 2.05) is 42.1 Å². The van der Waals surface area contributed by atoms with E-state index in [4.69, 9.17) is 21.1 Å². The summed E-state index contributed by atoms with van der Waals surface area (Å²) in [5, 5.41) is 3.57. The molecule has 1 atom stereocenters. The number of ether oxygens (including phenoxy) is 2. The van der Waals surface area contributed by atoms with Gasteiger partial charge in [0, 0.05) is 24.5 Å². The third-order valence-corrected chi connectivity index (χ3v) is 4.98. The molecule has 1 heterocycles. The molecule has 1 aromatic heterocycles. The predicted octanol–water partition coefficient (Wildman–Crippen LogP) is 4.13. The number of nitrogens with one attached hydrogen (secondary N) is 1. The van der Waals surface area contributed by atoms with Crippen LogP contribution in [0.2, 0.25) is 5.02 Å². The lowest BCUT2D eigenvalue weighted by Gasteiger charge is -2.20. The lowest BCUT2D eigenvalue weighted by molar-refractivity contribution is -0.123. The van der Waals surface area contributed by atoms with Crippen LogP contribution in [0.1, 0.15) is 17.4 Å². The molecule has 0 saturated carbocycles. The molecule has 3 rings (SSSR count). The van der Waals surface area contributed by atoms with Gasteiger partial charge >= 0.3 is 0 Å². The first-order valence-electron chi connectivity index (χ1n) is 8.46. The Morgan fingerprint density at radius 2 is 2.04 bits per heavy atom. The zero-order valence-corrected chi connectivity index (χ0v) is 17.7. The highest BCUT2D eigenvalue weighted by Crippen LogP contribution is 2.28. The Labute approximate surface area is 176 Å². The number of amides is 1.